The molecule has 16 heavy (non-hydrogen) atoms. The van der Waals surface area contributed by atoms with Crippen LogP contribution in [-0.4, -0.2) is 18.9 Å². The van der Waals surface area contributed by atoms with Gasteiger partial charge in [-0.3, -0.25) is 9.59 Å². The highest BCUT2D eigenvalue weighted by atomic mass is 79.9. The molecule has 0 radical (unpaired) electrons. The number of methoxy groups -OCH3 is 1. The quantitative estimate of drug-likeness (QED) is 0.587. The molecule has 1 unspecified atom stereocenters. The third-order valence-electron chi connectivity index (χ3n) is 2.84. The van der Waals surface area contributed by atoms with Crippen molar-refractivity contribution in [3.05, 3.63) is 33.8 Å². The molecule has 0 saturated carbocycles. The molecular formula is C12H11BrO3. The molecule has 0 heterocycles. The molecular weight excluding hydrogens is 272 g/mol. The molecule has 3 nitrogen and oxygen atoms in total. The molecule has 0 N–H and O–H groups in total. The number of esters is 1. The third-order valence-corrected chi connectivity index (χ3v) is 3.33. The Bertz CT molecular complexity index is 454. The predicted octanol–water partition coefficient (Wildman–Crippen LogP) is 2.37. The summed E-state index contributed by atoms with van der Waals surface area (Å²) in [6.07, 6.45) is 1.27. The van der Waals surface area contributed by atoms with Crippen LogP contribution in [0, 0.1) is 5.92 Å². The Hall–Kier alpha value is -1.16. The molecule has 1 atom stereocenters. The number of hydrogen-bond donors (Lipinski definition) is 0. The fraction of sp³-hybridized carbons (Fsp3) is 0.333. The van der Waals surface area contributed by atoms with E-state index >= 15 is 0 Å². The molecule has 1 aliphatic carbocycles. The first-order chi connectivity index (χ1) is 7.63. The lowest BCUT2D eigenvalue weighted by atomic mass is 9.83. The summed E-state index contributed by atoms with van der Waals surface area (Å²) in [6.45, 7) is 0. The van der Waals surface area contributed by atoms with Crippen LogP contribution in [0.25, 0.3) is 0 Å². The van der Waals surface area contributed by atoms with Gasteiger partial charge in [-0.25, -0.2) is 0 Å². The van der Waals surface area contributed by atoms with E-state index in [9.17, 15) is 9.59 Å². The summed E-state index contributed by atoms with van der Waals surface area (Å²) in [6, 6.07) is 5.51. The van der Waals surface area contributed by atoms with Gasteiger partial charge in [0.1, 0.15) is 5.92 Å². The highest BCUT2D eigenvalue weighted by Gasteiger charge is 2.33. The molecule has 0 saturated heterocycles. The SMILES string of the molecule is COC(=O)C1CCc2cc(Br)ccc2C1=O. The molecule has 1 aromatic carbocycles. The van der Waals surface area contributed by atoms with Gasteiger partial charge in [0.25, 0.3) is 0 Å². The highest BCUT2D eigenvalue weighted by molar-refractivity contribution is 9.10. The molecule has 0 aliphatic heterocycles. The van der Waals surface area contributed by atoms with Gasteiger partial charge in [0.2, 0.25) is 0 Å². The van der Waals surface area contributed by atoms with Crippen LogP contribution >= 0.6 is 15.9 Å². The van der Waals surface area contributed by atoms with E-state index in [-0.39, 0.29) is 5.78 Å². The van der Waals surface area contributed by atoms with Gasteiger partial charge in [-0.15, -0.1) is 0 Å². The summed E-state index contributed by atoms with van der Waals surface area (Å²) in [5.41, 5.74) is 1.64. The smallest absolute Gasteiger partial charge is 0.316 e. The molecule has 84 valence electrons. The van der Waals surface area contributed by atoms with Crippen LogP contribution in [0.1, 0.15) is 22.3 Å². The number of aryl methyl sites for hydroxylation is 1. The molecule has 1 aliphatic rings. The van der Waals surface area contributed by atoms with Gasteiger partial charge in [0, 0.05) is 10.0 Å². The molecule has 0 spiro atoms. The number of ketones is 1. The Morgan fingerprint density at radius 3 is 2.94 bits per heavy atom. The molecule has 0 bridgehead atoms. The highest BCUT2D eigenvalue weighted by Crippen LogP contribution is 2.28. The van der Waals surface area contributed by atoms with Crippen molar-refractivity contribution >= 4 is 27.7 Å². The monoisotopic (exact) mass is 282 g/mol. The van der Waals surface area contributed by atoms with Crippen molar-refractivity contribution in [3.8, 4) is 0 Å². The van der Waals surface area contributed by atoms with Crippen LogP contribution in [0.2, 0.25) is 0 Å². The summed E-state index contributed by atoms with van der Waals surface area (Å²) in [5, 5.41) is 0. The average molecular weight is 283 g/mol. The Morgan fingerprint density at radius 2 is 2.25 bits per heavy atom. The first kappa shape index (κ1) is 11.3. The molecule has 0 aromatic heterocycles. The zero-order chi connectivity index (χ0) is 11.7. The number of ether oxygens (including phenoxy) is 1. The zero-order valence-electron chi connectivity index (χ0n) is 8.83. The maximum absolute atomic E-state index is 12.0. The fourth-order valence-corrected chi connectivity index (χ4v) is 2.40. The van der Waals surface area contributed by atoms with E-state index in [4.69, 9.17) is 0 Å². The van der Waals surface area contributed by atoms with E-state index in [1.165, 1.54) is 7.11 Å². The minimum Gasteiger partial charge on any atom is -0.468 e. The standard InChI is InChI=1S/C12H11BrO3/c1-16-12(15)10-4-2-7-6-8(13)3-5-9(7)11(10)14/h3,5-6,10H,2,4H2,1H3. The van der Waals surface area contributed by atoms with Gasteiger partial charge in [-0.2, -0.15) is 0 Å². The molecule has 2 rings (SSSR count). The second kappa shape index (κ2) is 4.37. The molecule has 0 fully saturated rings. The molecule has 4 heteroatoms. The average Bonchev–Trinajstić information content (AvgIpc) is 2.28. The van der Waals surface area contributed by atoms with Gasteiger partial charge in [0.05, 0.1) is 7.11 Å². The van der Waals surface area contributed by atoms with Crippen molar-refractivity contribution in [2.45, 2.75) is 12.8 Å². The van der Waals surface area contributed by atoms with Crippen LogP contribution in [0.4, 0.5) is 0 Å². The van der Waals surface area contributed by atoms with E-state index in [1.807, 2.05) is 12.1 Å². The fourth-order valence-electron chi connectivity index (χ4n) is 2.00. The van der Waals surface area contributed by atoms with Crippen LogP contribution in [0.5, 0.6) is 0 Å². The van der Waals surface area contributed by atoms with Gasteiger partial charge in [0.15, 0.2) is 5.78 Å². The summed E-state index contributed by atoms with van der Waals surface area (Å²) in [4.78, 5) is 23.4. The Balaban J connectivity index is 2.36. The Kier molecular flexibility index (Phi) is 3.10. The van der Waals surface area contributed by atoms with E-state index in [2.05, 4.69) is 20.7 Å². The van der Waals surface area contributed by atoms with E-state index in [0.29, 0.717) is 12.0 Å². The lowest BCUT2D eigenvalue weighted by Crippen LogP contribution is -2.30. The second-order valence-corrected chi connectivity index (χ2v) is 4.70. The lowest BCUT2D eigenvalue weighted by Gasteiger charge is -2.21. The van der Waals surface area contributed by atoms with Crippen LogP contribution in [-0.2, 0) is 16.0 Å². The minimum absolute atomic E-state index is 0.124. The normalized spacial score (nSPS) is 19.1. The summed E-state index contributed by atoms with van der Waals surface area (Å²) in [7, 11) is 1.31. The van der Waals surface area contributed by atoms with Crippen molar-refractivity contribution in [3.63, 3.8) is 0 Å². The zero-order valence-corrected chi connectivity index (χ0v) is 10.4. The number of halogens is 1. The summed E-state index contributed by atoms with van der Waals surface area (Å²) in [5.74, 6) is -1.18. The third kappa shape index (κ3) is 1.89. The maximum atomic E-state index is 12.0. The van der Waals surface area contributed by atoms with Crippen molar-refractivity contribution in [2.24, 2.45) is 5.92 Å². The van der Waals surface area contributed by atoms with E-state index in [1.54, 1.807) is 6.07 Å². The van der Waals surface area contributed by atoms with Crippen LogP contribution in [0.15, 0.2) is 22.7 Å². The van der Waals surface area contributed by atoms with Crippen molar-refractivity contribution in [1.29, 1.82) is 0 Å². The molecule has 0 amide bonds. The van der Waals surface area contributed by atoms with Crippen molar-refractivity contribution in [2.75, 3.05) is 7.11 Å². The Morgan fingerprint density at radius 1 is 1.50 bits per heavy atom. The number of Topliss-reactive ketones (excluding diaryl/α,β-unsaturated/α-hetero) is 1. The largest absolute Gasteiger partial charge is 0.468 e. The first-order valence-electron chi connectivity index (χ1n) is 5.04. The number of benzene rings is 1. The number of rotatable bonds is 1. The molecule has 1 aromatic rings. The number of fused-ring (bicyclic) bond motifs is 1. The summed E-state index contributed by atoms with van der Waals surface area (Å²) < 4.78 is 5.58. The number of carbonyl (C=O) groups is 2. The van der Waals surface area contributed by atoms with Crippen LogP contribution < -0.4 is 0 Å². The number of hydrogen-bond acceptors (Lipinski definition) is 3. The van der Waals surface area contributed by atoms with Gasteiger partial charge in [-0.1, -0.05) is 15.9 Å². The summed E-state index contributed by atoms with van der Waals surface area (Å²) >= 11 is 3.37. The Labute approximate surface area is 102 Å². The minimum atomic E-state index is -0.626. The topological polar surface area (TPSA) is 43.4 Å². The van der Waals surface area contributed by atoms with E-state index < -0.39 is 11.9 Å². The predicted molar refractivity (Wildman–Crippen MR) is 62.3 cm³/mol. The first-order valence-corrected chi connectivity index (χ1v) is 5.83. The van der Waals surface area contributed by atoms with Gasteiger partial charge < -0.3 is 4.74 Å². The van der Waals surface area contributed by atoms with Gasteiger partial charge >= 0.3 is 5.97 Å². The van der Waals surface area contributed by atoms with Crippen molar-refractivity contribution in [1.82, 2.24) is 0 Å². The van der Waals surface area contributed by atoms with Gasteiger partial charge in [-0.05, 0) is 36.6 Å². The number of carbonyl (C=O) groups excluding carboxylic acids is 2. The van der Waals surface area contributed by atoms with E-state index in [0.717, 1.165) is 16.5 Å². The van der Waals surface area contributed by atoms with Crippen LogP contribution in [0.3, 0.4) is 0 Å². The maximum Gasteiger partial charge on any atom is 0.316 e. The second-order valence-electron chi connectivity index (χ2n) is 3.78. The van der Waals surface area contributed by atoms with Crippen molar-refractivity contribution < 1.29 is 14.3 Å². The lowest BCUT2D eigenvalue weighted by molar-refractivity contribution is -0.143.